The summed E-state index contributed by atoms with van der Waals surface area (Å²) in [4.78, 5) is 14.1. The molecule has 0 bridgehead atoms. The molecule has 1 amide bonds. The first kappa shape index (κ1) is 17.0. The number of hydrogen-bond acceptors (Lipinski definition) is 3. The van der Waals surface area contributed by atoms with Crippen molar-refractivity contribution in [2.24, 2.45) is 0 Å². The van der Waals surface area contributed by atoms with Gasteiger partial charge in [0.2, 0.25) is 5.91 Å². The summed E-state index contributed by atoms with van der Waals surface area (Å²) in [5.74, 6) is 0.848. The zero-order chi connectivity index (χ0) is 16.3. The second-order valence-electron chi connectivity index (χ2n) is 5.30. The molecule has 2 aromatic rings. The maximum atomic E-state index is 12.0. The zero-order valence-electron chi connectivity index (χ0n) is 13.6. The van der Waals surface area contributed by atoms with Crippen molar-refractivity contribution < 1.29 is 9.53 Å². The average molecular weight is 312 g/mol. The monoisotopic (exact) mass is 312 g/mol. The van der Waals surface area contributed by atoms with Crippen LogP contribution in [0.5, 0.6) is 5.75 Å². The Hall–Kier alpha value is -2.33. The van der Waals surface area contributed by atoms with Crippen LogP contribution >= 0.6 is 0 Å². The Labute approximate surface area is 138 Å². The molecule has 0 aliphatic rings. The van der Waals surface area contributed by atoms with E-state index in [0.29, 0.717) is 19.7 Å². The van der Waals surface area contributed by atoms with Crippen molar-refractivity contribution in [2.45, 2.75) is 13.5 Å². The summed E-state index contributed by atoms with van der Waals surface area (Å²) >= 11 is 0. The lowest BCUT2D eigenvalue weighted by molar-refractivity contribution is -0.122. The Morgan fingerprint density at radius 2 is 1.70 bits per heavy atom. The number of rotatable bonds is 9. The molecule has 4 nitrogen and oxygen atoms in total. The first-order valence-electron chi connectivity index (χ1n) is 7.98. The molecule has 2 aromatic carbocycles. The van der Waals surface area contributed by atoms with E-state index in [-0.39, 0.29) is 5.91 Å². The first-order chi connectivity index (χ1) is 11.3. The quantitative estimate of drug-likeness (QED) is 0.724. The van der Waals surface area contributed by atoms with Crippen LogP contribution in [0.2, 0.25) is 0 Å². The molecule has 0 saturated heterocycles. The Kier molecular flexibility index (Phi) is 7.14. The molecule has 0 aliphatic heterocycles. The molecular formula is C19H24N2O2. The van der Waals surface area contributed by atoms with Gasteiger partial charge in [-0.25, -0.2) is 0 Å². The smallest absolute Gasteiger partial charge is 0.234 e. The predicted octanol–water partition coefficient (Wildman–Crippen LogP) is 2.70. The fourth-order valence-corrected chi connectivity index (χ4v) is 2.26. The Balaban J connectivity index is 1.66. The molecule has 0 unspecified atom stereocenters. The van der Waals surface area contributed by atoms with Gasteiger partial charge in [-0.1, -0.05) is 55.5 Å². The lowest BCUT2D eigenvalue weighted by atomic mass is 10.2. The minimum Gasteiger partial charge on any atom is -0.492 e. The van der Waals surface area contributed by atoms with Gasteiger partial charge in [0.15, 0.2) is 0 Å². The predicted molar refractivity (Wildman–Crippen MR) is 92.3 cm³/mol. The van der Waals surface area contributed by atoms with Gasteiger partial charge in [-0.3, -0.25) is 9.69 Å². The topological polar surface area (TPSA) is 41.6 Å². The van der Waals surface area contributed by atoms with Gasteiger partial charge in [-0.15, -0.1) is 0 Å². The van der Waals surface area contributed by atoms with Gasteiger partial charge in [0, 0.05) is 6.54 Å². The molecule has 0 fully saturated rings. The molecular weight excluding hydrogens is 288 g/mol. The van der Waals surface area contributed by atoms with Gasteiger partial charge in [0.25, 0.3) is 0 Å². The highest BCUT2D eigenvalue weighted by atomic mass is 16.5. The third-order valence-electron chi connectivity index (χ3n) is 3.50. The van der Waals surface area contributed by atoms with Gasteiger partial charge < -0.3 is 10.1 Å². The number of carbonyl (C=O) groups is 1. The van der Waals surface area contributed by atoms with Gasteiger partial charge in [0.1, 0.15) is 12.4 Å². The number of carbonyl (C=O) groups excluding carboxylic acids is 1. The van der Waals surface area contributed by atoms with Gasteiger partial charge in [0.05, 0.1) is 13.1 Å². The number of likely N-dealkylation sites (N-methyl/N-ethyl adjacent to an activating group) is 1. The number of ether oxygens (including phenoxy) is 1. The lowest BCUT2D eigenvalue weighted by Crippen LogP contribution is -2.38. The highest BCUT2D eigenvalue weighted by Gasteiger charge is 2.09. The van der Waals surface area contributed by atoms with Crippen LogP contribution in [0.3, 0.4) is 0 Å². The van der Waals surface area contributed by atoms with Crippen molar-refractivity contribution >= 4 is 5.91 Å². The first-order valence-corrected chi connectivity index (χ1v) is 7.98. The third-order valence-corrected chi connectivity index (χ3v) is 3.50. The van der Waals surface area contributed by atoms with Crippen LogP contribution in [0, 0.1) is 0 Å². The van der Waals surface area contributed by atoms with E-state index in [1.165, 1.54) is 5.56 Å². The van der Waals surface area contributed by atoms with E-state index in [0.717, 1.165) is 18.8 Å². The van der Waals surface area contributed by atoms with Crippen molar-refractivity contribution in [3.05, 3.63) is 66.2 Å². The molecule has 0 aliphatic carbocycles. The van der Waals surface area contributed by atoms with E-state index < -0.39 is 0 Å². The molecule has 2 rings (SSSR count). The van der Waals surface area contributed by atoms with Crippen molar-refractivity contribution in [2.75, 3.05) is 26.2 Å². The number of nitrogens with zero attached hydrogens (tertiary/aromatic N) is 1. The van der Waals surface area contributed by atoms with Crippen molar-refractivity contribution in [3.8, 4) is 5.75 Å². The fraction of sp³-hybridized carbons (Fsp3) is 0.316. The highest BCUT2D eigenvalue weighted by molar-refractivity contribution is 5.77. The van der Waals surface area contributed by atoms with Crippen molar-refractivity contribution in [1.29, 1.82) is 0 Å². The third kappa shape index (κ3) is 6.53. The van der Waals surface area contributed by atoms with Crippen LogP contribution in [0.15, 0.2) is 60.7 Å². The molecule has 0 saturated carbocycles. The molecule has 0 heterocycles. The normalized spacial score (nSPS) is 10.5. The highest BCUT2D eigenvalue weighted by Crippen LogP contribution is 2.07. The Morgan fingerprint density at radius 1 is 1.04 bits per heavy atom. The Morgan fingerprint density at radius 3 is 2.35 bits per heavy atom. The van der Waals surface area contributed by atoms with Gasteiger partial charge >= 0.3 is 0 Å². The van der Waals surface area contributed by atoms with Crippen LogP contribution in [0.4, 0.5) is 0 Å². The van der Waals surface area contributed by atoms with Gasteiger partial charge in [-0.05, 0) is 24.2 Å². The number of benzene rings is 2. The van der Waals surface area contributed by atoms with E-state index in [1.807, 2.05) is 48.5 Å². The molecule has 23 heavy (non-hydrogen) atoms. The number of hydrogen-bond donors (Lipinski definition) is 1. The number of nitrogens with one attached hydrogen (secondary N) is 1. The summed E-state index contributed by atoms with van der Waals surface area (Å²) in [5, 5.41) is 2.90. The number of para-hydroxylation sites is 1. The van der Waals surface area contributed by atoms with E-state index >= 15 is 0 Å². The summed E-state index contributed by atoms with van der Waals surface area (Å²) in [6, 6.07) is 19.8. The summed E-state index contributed by atoms with van der Waals surface area (Å²) in [7, 11) is 0. The zero-order valence-corrected chi connectivity index (χ0v) is 13.6. The SMILES string of the molecule is CCN(CC(=O)NCCOc1ccccc1)Cc1ccccc1. The minimum atomic E-state index is 0.0273. The van der Waals surface area contributed by atoms with Crippen LogP contribution in [-0.4, -0.2) is 37.0 Å². The lowest BCUT2D eigenvalue weighted by Gasteiger charge is -2.20. The summed E-state index contributed by atoms with van der Waals surface area (Å²) < 4.78 is 5.56. The van der Waals surface area contributed by atoms with Crippen LogP contribution in [-0.2, 0) is 11.3 Å². The van der Waals surface area contributed by atoms with Crippen LogP contribution in [0.25, 0.3) is 0 Å². The largest absolute Gasteiger partial charge is 0.492 e. The van der Waals surface area contributed by atoms with Crippen molar-refractivity contribution in [3.63, 3.8) is 0 Å². The second-order valence-corrected chi connectivity index (χ2v) is 5.30. The van der Waals surface area contributed by atoms with E-state index in [4.69, 9.17) is 4.74 Å². The Bertz CT molecular complexity index is 572. The van der Waals surface area contributed by atoms with E-state index in [1.54, 1.807) is 0 Å². The molecule has 122 valence electrons. The second kappa shape index (κ2) is 9.64. The summed E-state index contributed by atoms with van der Waals surface area (Å²) in [6.45, 7) is 5.07. The number of amides is 1. The molecule has 0 spiro atoms. The fourth-order valence-electron chi connectivity index (χ4n) is 2.26. The minimum absolute atomic E-state index is 0.0273. The van der Waals surface area contributed by atoms with Crippen molar-refractivity contribution in [1.82, 2.24) is 10.2 Å². The van der Waals surface area contributed by atoms with Crippen LogP contribution < -0.4 is 10.1 Å². The molecule has 4 heteroatoms. The molecule has 0 aromatic heterocycles. The maximum absolute atomic E-state index is 12.0. The van der Waals surface area contributed by atoms with E-state index in [2.05, 4.69) is 29.3 Å². The van der Waals surface area contributed by atoms with E-state index in [9.17, 15) is 4.79 Å². The molecule has 1 N–H and O–H groups in total. The van der Waals surface area contributed by atoms with Crippen LogP contribution in [0.1, 0.15) is 12.5 Å². The summed E-state index contributed by atoms with van der Waals surface area (Å²) in [5.41, 5.74) is 1.22. The molecule has 0 atom stereocenters. The standard InChI is InChI=1S/C19H24N2O2/c1-2-21(15-17-9-5-3-6-10-17)16-19(22)20-13-14-23-18-11-7-4-8-12-18/h3-12H,2,13-16H2,1H3,(H,20,22). The van der Waals surface area contributed by atoms with Gasteiger partial charge in [-0.2, -0.15) is 0 Å². The average Bonchev–Trinajstić information content (AvgIpc) is 2.60. The maximum Gasteiger partial charge on any atom is 0.234 e. The molecule has 0 radical (unpaired) electrons. The summed E-state index contributed by atoms with van der Waals surface area (Å²) in [6.07, 6.45) is 0.